The van der Waals surface area contributed by atoms with Crippen LogP contribution < -0.4 is 10.6 Å². The molecule has 10 heteroatoms. The van der Waals surface area contributed by atoms with Gasteiger partial charge in [0.25, 0.3) is 0 Å². The molecule has 1 aliphatic rings. The first-order valence-electron chi connectivity index (χ1n) is 9.83. The van der Waals surface area contributed by atoms with E-state index in [-0.39, 0.29) is 18.0 Å². The van der Waals surface area contributed by atoms with Crippen LogP contribution in [-0.4, -0.2) is 57.4 Å². The molecule has 1 aliphatic heterocycles. The number of nitrogens with one attached hydrogen (secondary N) is 2. The largest absolute Gasteiger partial charge is 0.379 e. The van der Waals surface area contributed by atoms with Gasteiger partial charge in [0, 0.05) is 31.2 Å². The average Bonchev–Trinajstić information content (AvgIpc) is 2.79. The van der Waals surface area contributed by atoms with E-state index >= 15 is 0 Å². The standard InChI is InChI=1S/C21H24ClN3O5S/c22-18-5-1-17(2-6-18)15-24-21(27)20(26)23-10-9-16-3-7-19(8-4-16)31(28,29)25-11-13-30-14-12-25/h1-8H,9-15H2,(H,23,26)(H,24,27). The highest BCUT2D eigenvalue weighted by Crippen LogP contribution is 2.17. The van der Waals surface area contributed by atoms with Gasteiger partial charge in [-0.3, -0.25) is 9.59 Å². The molecule has 2 N–H and O–H groups in total. The summed E-state index contributed by atoms with van der Waals surface area (Å²) in [6, 6.07) is 13.5. The number of sulfonamides is 1. The van der Waals surface area contributed by atoms with Gasteiger partial charge in [0.15, 0.2) is 0 Å². The Morgan fingerprint density at radius 3 is 2.13 bits per heavy atom. The highest BCUT2D eigenvalue weighted by Gasteiger charge is 2.26. The van der Waals surface area contributed by atoms with Crippen LogP contribution in [0, 0.1) is 0 Å². The maximum absolute atomic E-state index is 12.6. The fourth-order valence-corrected chi connectivity index (χ4v) is 4.56. The van der Waals surface area contributed by atoms with Crippen LogP contribution in [0.4, 0.5) is 0 Å². The van der Waals surface area contributed by atoms with Crippen LogP contribution in [0.3, 0.4) is 0 Å². The third-order valence-electron chi connectivity index (χ3n) is 4.80. The number of rotatable bonds is 7. The summed E-state index contributed by atoms with van der Waals surface area (Å²) in [5.74, 6) is -1.44. The van der Waals surface area contributed by atoms with E-state index in [0.29, 0.717) is 37.7 Å². The monoisotopic (exact) mass is 465 g/mol. The predicted molar refractivity (Wildman–Crippen MR) is 116 cm³/mol. The van der Waals surface area contributed by atoms with Gasteiger partial charge in [0.05, 0.1) is 18.1 Å². The number of ether oxygens (including phenoxy) is 1. The first-order valence-corrected chi connectivity index (χ1v) is 11.7. The van der Waals surface area contributed by atoms with Crippen molar-refractivity contribution >= 4 is 33.4 Å². The molecule has 2 aromatic carbocycles. The molecule has 3 rings (SSSR count). The van der Waals surface area contributed by atoms with Crippen molar-refractivity contribution in [1.82, 2.24) is 14.9 Å². The number of nitrogens with zero attached hydrogens (tertiary/aromatic N) is 1. The summed E-state index contributed by atoms with van der Waals surface area (Å²) < 4.78 is 31.8. The van der Waals surface area contributed by atoms with Gasteiger partial charge in [0.1, 0.15) is 0 Å². The molecular weight excluding hydrogens is 442 g/mol. The zero-order chi connectivity index (χ0) is 22.3. The lowest BCUT2D eigenvalue weighted by atomic mass is 10.1. The molecule has 31 heavy (non-hydrogen) atoms. The molecule has 0 atom stereocenters. The average molecular weight is 466 g/mol. The molecule has 166 valence electrons. The van der Waals surface area contributed by atoms with Gasteiger partial charge in [-0.15, -0.1) is 0 Å². The van der Waals surface area contributed by atoms with Crippen molar-refractivity contribution in [1.29, 1.82) is 0 Å². The third-order valence-corrected chi connectivity index (χ3v) is 6.97. The van der Waals surface area contributed by atoms with E-state index in [2.05, 4.69) is 10.6 Å². The summed E-state index contributed by atoms with van der Waals surface area (Å²) in [5.41, 5.74) is 1.68. The van der Waals surface area contributed by atoms with Crippen molar-refractivity contribution in [2.24, 2.45) is 0 Å². The minimum Gasteiger partial charge on any atom is -0.379 e. The molecule has 8 nitrogen and oxygen atoms in total. The van der Waals surface area contributed by atoms with Gasteiger partial charge >= 0.3 is 11.8 Å². The van der Waals surface area contributed by atoms with Crippen LogP contribution in [0.1, 0.15) is 11.1 Å². The van der Waals surface area contributed by atoms with Gasteiger partial charge in [-0.2, -0.15) is 4.31 Å². The molecule has 1 saturated heterocycles. The van der Waals surface area contributed by atoms with E-state index in [4.69, 9.17) is 16.3 Å². The van der Waals surface area contributed by atoms with Gasteiger partial charge < -0.3 is 15.4 Å². The maximum atomic E-state index is 12.6. The normalized spacial score (nSPS) is 14.7. The number of amides is 2. The molecule has 0 aromatic heterocycles. The summed E-state index contributed by atoms with van der Waals surface area (Å²) >= 11 is 5.81. The first kappa shape index (κ1) is 23.2. The van der Waals surface area contributed by atoms with E-state index in [1.54, 1.807) is 48.5 Å². The lowest BCUT2D eigenvalue weighted by Gasteiger charge is -2.26. The van der Waals surface area contributed by atoms with Crippen molar-refractivity contribution in [2.45, 2.75) is 17.9 Å². The molecule has 0 radical (unpaired) electrons. The Labute approximate surface area is 186 Å². The first-order chi connectivity index (χ1) is 14.9. The van der Waals surface area contributed by atoms with Crippen LogP contribution in [0.25, 0.3) is 0 Å². The zero-order valence-corrected chi connectivity index (χ0v) is 18.4. The van der Waals surface area contributed by atoms with Crippen LogP contribution in [0.2, 0.25) is 5.02 Å². The Balaban J connectivity index is 1.44. The van der Waals surface area contributed by atoms with Gasteiger partial charge in [-0.1, -0.05) is 35.9 Å². The number of carbonyl (C=O) groups is 2. The van der Waals surface area contributed by atoms with Crippen LogP contribution in [0.15, 0.2) is 53.4 Å². The quantitative estimate of drug-likeness (QED) is 0.600. The van der Waals surface area contributed by atoms with Crippen LogP contribution in [-0.2, 0) is 37.3 Å². The van der Waals surface area contributed by atoms with Gasteiger partial charge in [-0.25, -0.2) is 8.42 Å². The van der Waals surface area contributed by atoms with Crippen molar-refractivity contribution < 1.29 is 22.7 Å². The predicted octanol–water partition coefficient (Wildman–Crippen LogP) is 1.34. The van der Waals surface area contributed by atoms with E-state index in [1.165, 1.54) is 4.31 Å². The minimum atomic E-state index is -3.53. The highest BCUT2D eigenvalue weighted by molar-refractivity contribution is 7.89. The number of morpholine rings is 1. The SMILES string of the molecule is O=C(NCCc1ccc(S(=O)(=O)N2CCOCC2)cc1)C(=O)NCc1ccc(Cl)cc1. The topological polar surface area (TPSA) is 105 Å². The molecule has 0 bridgehead atoms. The molecule has 1 fully saturated rings. The van der Waals surface area contributed by atoms with Crippen LogP contribution >= 0.6 is 11.6 Å². The fraction of sp³-hybridized carbons (Fsp3) is 0.333. The van der Waals surface area contributed by atoms with E-state index in [0.717, 1.165) is 11.1 Å². The summed E-state index contributed by atoms with van der Waals surface area (Å²) in [6.45, 7) is 1.95. The van der Waals surface area contributed by atoms with Crippen molar-refractivity contribution in [3.05, 3.63) is 64.7 Å². The Kier molecular flexibility index (Phi) is 8.03. The van der Waals surface area contributed by atoms with Gasteiger partial charge in [0.2, 0.25) is 10.0 Å². The van der Waals surface area contributed by atoms with Crippen molar-refractivity contribution in [2.75, 3.05) is 32.8 Å². The fourth-order valence-electron chi connectivity index (χ4n) is 3.03. The lowest BCUT2D eigenvalue weighted by molar-refractivity contribution is -0.139. The summed E-state index contributed by atoms with van der Waals surface area (Å²) in [4.78, 5) is 24.1. The van der Waals surface area contributed by atoms with Crippen LogP contribution in [0.5, 0.6) is 0 Å². The second-order valence-corrected chi connectivity index (χ2v) is 9.35. The Bertz CT molecular complexity index is 1000. The number of carbonyl (C=O) groups excluding carboxylic acids is 2. The Morgan fingerprint density at radius 1 is 0.903 bits per heavy atom. The minimum absolute atomic E-state index is 0.225. The van der Waals surface area contributed by atoms with E-state index in [1.807, 2.05) is 0 Å². The number of halogens is 1. The summed E-state index contributed by atoms with van der Waals surface area (Å²) in [6.07, 6.45) is 0.466. The molecule has 1 heterocycles. The Hall–Kier alpha value is -2.46. The molecule has 2 aromatic rings. The molecule has 0 unspecified atom stereocenters. The highest BCUT2D eigenvalue weighted by atomic mass is 35.5. The Morgan fingerprint density at radius 2 is 1.48 bits per heavy atom. The zero-order valence-electron chi connectivity index (χ0n) is 16.8. The van der Waals surface area contributed by atoms with E-state index < -0.39 is 21.8 Å². The molecule has 0 spiro atoms. The number of hydrogen-bond acceptors (Lipinski definition) is 5. The van der Waals surface area contributed by atoms with Crippen molar-refractivity contribution in [3.8, 4) is 0 Å². The maximum Gasteiger partial charge on any atom is 0.309 e. The summed E-state index contributed by atoms with van der Waals surface area (Å²) in [5, 5.41) is 5.70. The molecule has 2 amide bonds. The van der Waals surface area contributed by atoms with Crippen molar-refractivity contribution in [3.63, 3.8) is 0 Å². The number of hydrogen-bond donors (Lipinski definition) is 2. The smallest absolute Gasteiger partial charge is 0.309 e. The number of benzene rings is 2. The second kappa shape index (κ2) is 10.7. The second-order valence-electron chi connectivity index (χ2n) is 6.98. The van der Waals surface area contributed by atoms with Gasteiger partial charge in [-0.05, 0) is 41.8 Å². The lowest BCUT2D eigenvalue weighted by Crippen LogP contribution is -2.40. The molecule has 0 aliphatic carbocycles. The van der Waals surface area contributed by atoms with E-state index in [9.17, 15) is 18.0 Å². The summed E-state index contributed by atoms with van der Waals surface area (Å²) in [7, 11) is -3.53. The molecule has 0 saturated carbocycles. The third kappa shape index (κ3) is 6.51. The molecular formula is C21H24ClN3O5S.